The summed E-state index contributed by atoms with van der Waals surface area (Å²) in [6.07, 6.45) is 11.5. The standard InChI is InChI=1S/C17H34N2/c1-3-19-13-4-5-17(11-14-19)18-12-10-16-8-6-15(2)7-9-16/h15-18H,3-14H2,1-2H3. The van der Waals surface area contributed by atoms with Crippen LogP contribution in [0.5, 0.6) is 0 Å². The Hall–Kier alpha value is -0.0800. The Labute approximate surface area is 120 Å². The van der Waals surface area contributed by atoms with Gasteiger partial charge in [0.1, 0.15) is 0 Å². The molecule has 1 unspecified atom stereocenters. The highest BCUT2D eigenvalue weighted by molar-refractivity contribution is 4.76. The summed E-state index contributed by atoms with van der Waals surface area (Å²) in [7, 11) is 0. The van der Waals surface area contributed by atoms with Crippen molar-refractivity contribution in [3.8, 4) is 0 Å². The fourth-order valence-electron chi connectivity index (χ4n) is 3.79. The smallest absolute Gasteiger partial charge is 0.00797 e. The molecule has 19 heavy (non-hydrogen) atoms. The highest BCUT2D eigenvalue weighted by Crippen LogP contribution is 2.30. The van der Waals surface area contributed by atoms with Gasteiger partial charge in [0.15, 0.2) is 0 Å². The molecule has 1 aliphatic carbocycles. The van der Waals surface area contributed by atoms with E-state index in [4.69, 9.17) is 0 Å². The summed E-state index contributed by atoms with van der Waals surface area (Å²) < 4.78 is 0. The minimum absolute atomic E-state index is 0.791. The number of likely N-dealkylation sites (tertiary alicyclic amines) is 1. The normalized spacial score (nSPS) is 34.1. The highest BCUT2D eigenvalue weighted by Gasteiger charge is 2.19. The van der Waals surface area contributed by atoms with Gasteiger partial charge in [0.25, 0.3) is 0 Å². The molecule has 2 fully saturated rings. The number of rotatable bonds is 5. The van der Waals surface area contributed by atoms with E-state index in [0.717, 1.165) is 17.9 Å². The Morgan fingerprint density at radius 3 is 2.53 bits per heavy atom. The fraction of sp³-hybridized carbons (Fsp3) is 1.00. The number of nitrogens with zero attached hydrogens (tertiary/aromatic N) is 1. The molecular formula is C17H34N2. The number of hydrogen-bond donors (Lipinski definition) is 1. The maximum atomic E-state index is 3.84. The first kappa shape index (κ1) is 15.3. The third kappa shape index (κ3) is 5.43. The SMILES string of the molecule is CCN1CCCC(NCCC2CCC(C)CC2)CC1. The minimum Gasteiger partial charge on any atom is -0.314 e. The van der Waals surface area contributed by atoms with Crippen molar-refractivity contribution in [2.75, 3.05) is 26.2 Å². The van der Waals surface area contributed by atoms with E-state index < -0.39 is 0 Å². The zero-order valence-corrected chi connectivity index (χ0v) is 13.2. The van der Waals surface area contributed by atoms with Crippen LogP contribution in [0.25, 0.3) is 0 Å². The van der Waals surface area contributed by atoms with Gasteiger partial charge in [-0.1, -0.05) is 39.5 Å². The third-order valence-electron chi connectivity index (χ3n) is 5.39. The van der Waals surface area contributed by atoms with E-state index in [1.807, 2.05) is 0 Å². The van der Waals surface area contributed by atoms with Crippen LogP contribution in [0.2, 0.25) is 0 Å². The summed E-state index contributed by atoms with van der Waals surface area (Å²) in [5.74, 6) is 2.01. The molecule has 1 saturated carbocycles. The molecule has 2 aliphatic rings. The Kier molecular flexibility index (Phi) is 6.66. The van der Waals surface area contributed by atoms with Gasteiger partial charge in [-0.2, -0.15) is 0 Å². The van der Waals surface area contributed by atoms with Gasteiger partial charge in [-0.05, 0) is 63.7 Å². The molecule has 0 radical (unpaired) electrons. The quantitative estimate of drug-likeness (QED) is 0.817. The zero-order chi connectivity index (χ0) is 13.5. The lowest BCUT2D eigenvalue weighted by molar-refractivity contribution is 0.269. The first-order valence-corrected chi connectivity index (χ1v) is 8.73. The lowest BCUT2D eigenvalue weighted by Gasteiger charge is -2.27. The average molecular weight is 266 g/mol. The van der Waals surface area contributed by atoms with Crippen molar-refractivity contribution < 1.29 is 0 Å². The van der Waals surface area contributed by atoms with Gasteiger partial charge in [0.05, 0.1) is 0 Å². The van der Waals surface area contributed by atoms with Crippen molar-refractivity contribution in [1.82, 2.24) is 10.2 Å². The van der Waals surface area contributed by atoms with E-state index in [1.54, 1.807) is 0 Å². The molecule has 0 amide bonds. The van der Waals surface area contributed by atoms with Crippen LogP contribution in [0.3, 0.4) is 0 Å². The molecular weight excluding hydrogens is 232 g/mol. The van der Waals surface area contributed by atoms with Crippen LogP contribution >= 0.6 is 0 Å². The van der Waals surface area contributed by atoms with Gasteiger partial charge in [-0.3, -0.25) is 0 Å². The molecule has 112 valence electrons. The van der Waals surface area contributed by atoms with E-state index in [1.165, 1.54) is 77.5 Å². The van der Waals surface area contributed by atoms with Gasteiger partial charge >= 0.3 is 0 Å². The predicted octanol–water partition coefficient (Wildman–Crippen LogP) is 3.67. The zero-order valence-electron chi connectivity index (χ0n) is 13.2. The van der Waals surface area contributed by atoms with Crippen molar-refractivity contribution in [2.45, 2.75) is 71.3 Å². The summed E-state index contributed by atoms with van der Waals surface area (Å²) in [6.45, 7) is 9.81. The summed E-state index contributed by atoms with van der Waals surface area (Å²) in [5, 5.41) is 3.84. The van der Waals surface area contributed by atoms with Gasteiger partial charge in [0.2, 0.25) is 0 Å². The second-order valence-corrected chi connectivity index (χ2v) is 6.93. The topological polar surface area (TPSA) is 15.3 Å². The van der Waals surface area contributed by atoms with Crippen LogP contribution in [0.15, 0.2) is 0 Å². The second kappa shape index (κ2) is 8.26. The maximum Gasteiger partial charge on any atom is 0.00797 e. The molecule has 0 aromatic carbocycles. The summed E-state index contributed by atoms with van der Waals surface area (Å²) in [4.78, 5) is 2.60. The number of hydrogen-bond acceptors (Lipinski definition) is 2. The number of nitrogens with one attached hydrogen (secondary N) is 1. The van der Waals surface area contributed by atoms with Crippen LogP contribution in [0.4, 0.5) is 0 Å². The summed E-state index contributed by atoms with van der Waals surface area (Å²) >= 11 is 0. The van der Waals surface area contributed by atoms with Crippen LogP contribution in [-0.4, -0.2) is 37.1 Å². The molecule has 1 N–H and O–H groups in total. The second-order valence-electron chi connectivity index (χ2n) is 6.93. The molecule has 2 rings (SSSR count). The third-order valence-corrected chi connectivity index (χ3v) is 5.39. The van der Waals surface area contributed by atoms with E-state index >= 15 is 0 Å². The van der Waals surface area contributed by atoms with Crippen molar-refractivity contribution in [1.29, 1.82) is 0 Å². The Balaban J connectivity index is 1.57. The summed E-state index contributed by atoms with van der Waals surface area (Å²) in [5.41, 5.74) is 0. The van der Waals surface area contributed by atoms with E-state index in [-0.39, 0.29) is 0 Å². The monoisotopic (exact) mass is 266 g/mol. The molecule has 0 aromatic heterocycles. The van der Waals surface area contributed by atoms with Crippen molar-refractivity contribution in [3.63, 3.8) is 0 Å². The minimum atomic E-state index is 0.791. The van der Waals surface area contributed by atoms with Crippen LogP contribution in [-0.2, 0) is 0 Å². The molecule has 2 nitrogen and oxygen atoms in total. The molecule has 0 aromatic rings. The Morgan fingerprint density at radius 1 is 1.00 bits per heavy atom. The van der Waals surface area contributed by atoms with Crippen molar-refractivity contribution in [2.24, 2.45) is 11.8 Å². The van der Waals surface area contributed by atoms with Gasteiger partial charge < -0.3 is 10.2 Å². The van der Waals surface area contributed by atoms with Crippen LogP contribution in [0.1, 0.15) is 65.2 Å². The lowest BCUT2D eigenvalue weighted by atomic mass is 9.81. The van der Waals surface area contributed by atoms with Crippen LogP contribution in [0, 0.1) is 11.8 Å². The van der Waals surface area contributed by atoms with E-state index in [2.05, 4.69) is 24.1 Å². The molecule has 1 aliphatic heterocycles. The Morgan fingerprint density at radius 2 is 1.79 bits per heavy atom. The van der Waals surface area contributed by atoms with Crippen LogP contribution < -0.4 is 5.32 Å². The van der Waals surface area contributed by atoms with Crippen molar-refractivity contribution >= 4 is 0 Å². The van der Waals surface area contributed by atoms with E-state index in [0.29, 0.717) is 0 Å². The van der Waals surface area contributed by atoms with Gasteiger partial charge in [0, 0.05) is 6.04 Å². The van der Waals surface area contributed by atoms with Gasteiger partial charge in [-0.15, -0.1) is 0 Å². The predicted molar refractivity (Wildman–Crippen MR) is 83.5 cm³/mol. The van der Waals surface area contributed by atoms with Crippen molar-refractivity contribution in [3.05, 3.63) is 0 Å². The molecule has 1 saturated heterocycles. The molecule has 0 bridgehead atoms. The average Bonchev–Trinajstić information content (AvgIpc) is 2.66. The highest BCUT2D eigenvalue weighted by atomic mass is 15.1. The largest absolute Gasteiger partial charge is 0.314 e. The molecule has 2 heteroatoms. The fourth-order valence-corrected chi connectivity index (χ4v) is 3.79. The summed E-state index contributed by atoms with van der Waals surface area (Å²) in [6, 6.07) is 0.791. The van der Waals surface area contributed by atoms with E-state index in [9.17, 15) is 0 Å². The first-order valence-electron chi connectivity index (χ1n) is 8.73. The lowest BCUT2D eigenvalue weighted by Crippen LogP contribution is -2.32. The molecule has 0 spiro atoms. The Bertz CT molecular complexity index is 233. The first-order chi connectivity index (χ1) is 9.28. The molecule has 1 heterocycles. The molecule has 1 atom stereocenters. The maximum absolute atomic E-state index is 3.84. The van der Waals surface area contributed by atoms with Gasteiger partial charge in [-0.25, -0.2) is 0 Å².